The summed E-state index contributed by atoms with van der Waals surface area (Å²) in [5.41, 5.74) is 6.98. The maximum atomic E-state index is 13.2. The smallest absolute Gasteiger partial charge is 0.328 e. The Kier molecular flexibility index (Phi) is 10.7. The molecular formula is C22H30N6O6S. The minimum absolute atomic E-state index is 0.0497. The summed E-state index contributed by atoms with van der Waals surface area (Å²) in [6.45, 7) is 1.22. The molecule has 5 atom stereocenters. The van der Waals surface area contributed by atoms with Gasteiger partial charge in [-0.2, -0.15) is 12.6 Å². The number of carbonyl (C=O) groups is 4. The first kappa shape index (κ1) is 27.8. The number of nitrogens with zero attached hydrogens (tertiary/aromatic N) is 1. The van der Waals surface area contributed by atoms with Crippen LogP contribution in [0.3, 0.4) is 0 Å². The lowest BCUT2D eigenvalue weighted by molar-refractivity contribution is -0.145. The molecule has 13 heteroatoms. The Bertz CT molecular complexity index is 988. The molecule has 35 heavy (non-hydrogen) atoms. The molecule has 1 heterocycles. The third-order valence-electron chi connectivity index (χ3n) is 5.11. The van der Waals surface area contributed by atoms with Crippen LogP contribution in [0.2, 0.25) is 0 Å². The van der Waals surface area contributed by atoms with E-state index in [9.17, 15) is 29.4 Å². The molecule has 2 aromatic rings. The zero-order chi connectivity index (χ0) is 26.0. The van der Waals surface area contributed by atoms with Crippen molar-refractivity contribution in [1.82, 2.24) is 25.9 Å². The molecule has 0 spiro atoms. The van der Waals surface area contributed by atoms with Gasteiger partial charge in [-0.1, -0.05) is 30.3 Å². The Morgan fingerprint density at radius 1 is 1.03 bits per heavy atom. The molecule has 8 N–H and O–H groups in total. The van der Waals surface area contributed by atoms with Gasteiger partial charge in [-0.05, 0) is 12.5 Å². The number of aliphatic hydroxyl groups excluding tert-OH is 1. The van der Waals surface area contributed by atoms with Crippen molar-refractivity contribution in [3.05, 3.63) is 54.1 Å². The molecule has 12 nitrogen and oxygen atoms in total. The number of imidazole rings is 1. The third-order valence-corrected chi connectivity index (χ3v) is 5.50. The van der Waals surface area contributed by atoms with Crippen LogP contribution in [0.1, 0.15) is 18.2 Å². The molecule has 0 saturated carbocycles. The van der Waals surface area contributed by atoms with Gasteiger partial charge in [-0.15, -0.1) is 0 Å². The second kappa shape index (κ2) is 13.5. The van der Waals surface area contributed by atoms with Crippen molar-refractivity contribution in [2.75, 3.05) is 5.75 Å². The highest BCUT2D eigenvalue weighted by atomic mass is 32.1. The van der Waals surface area contributed by atoms with Gasteiger partial charge in [0, 0.05) is 30.5 Å². The van der Waals surface area contributed by atoms with Gasteiger partial charge in [-0.3, -0.25) is 14.4 Å². The number of aromatic amines is 1. The number of carboxylic acid groups (broad SMARTS) is 1. The van der Waals surface area contributed by atoms with Gasteiger partial charge in [0.2, 0.25) is 17.7 Å². The predicted molar refractivity (Wildman–Crippen MR) is 129 cm³/mol. The van der Waals surface area contributed by atoms with Crippen LogP contribution in [0.4, 0.5) is 0 Å². The molecule has 0 saturated heterocycles. The normalized spacial score (nSPS) is 15.2. The Balaban J connectivity index is 2.26. The largest absolute Gasteiger partial charge is 0.480 e. The van der Waals surface area contributed by atoms with Gasteiger partial charge >= 0.3 is 5.97 Å². The van der Waals surface area contributed by atoms with Crippen LogP contribution in [-0.2, 0) is 32.0 Å². The molecule has 0 aliphatic heterocycles. The van der Waals surface area contributed by atoms with E-state index in [4.69, 9.17) is 5.73 Å². The van der Waals surface area contributed by atoms with Crippen molar-refractivity contribution in [3.63, 3.8) is 0 Å². The summed E-state index contributed by atoms with van der Waals surface area (Å²) in [6.07, 6.45) is 1.52. The van der Waals surface area contributed by atoms with E-state index in [1.54, 1.807) is 30.3 Å². The first-order valence-corrected chi connectivity index (χ1v) is 11.4. The number of hydrogen-bond acceptors (Lipinski definition) is 8. The summed E-state index contributed by atoms with van der Waals surface area (Å²) in [5, 5.41) is 26.4. The number of aliphatic hydroxyl groups is 1. The molecule has 5 unspecified atom stereocenters. The van der Waals surface area contributed by atoms with Gasteiger partial charge in [0.05, 0.1) is 18.5 Å². The van der Waals surface area contributed by atoms with Gasteiger partial charge in [0.1, 0.15) is 12.1 Å². The maximum Gasteiger partial charge on any atom is 0.328 e. The van der Waals surface area contributed by atoms with Gasteiger partial charge in [0.15, 0.2) is 6.04 Å². The fourth-order valence-electron chi connectivity index (χ4n) is 3.16. The van der Waals surface area contributed by atoms with Crippen molar-refractivity contribution in [2.45, 2.75) is 50.0 Å². The number of nitrogens with one attached hydrogen (secondary N) is 4. The van der Waals surface area contributed by atoms with Crippen molar-refractivity contribution in [3.8, 4) is 0 Å². The summed E-state index contributed by atoms with van der Waals surface area (Å²) < 4.78 is 0. The van der Waals surface area contributed by atoms with Crippen LogP contribution in [0.15, 0.2) is 42.9 Å². The number of aromatic nitrogens is 2. The fourth-order valence-corrected chi connectivity index (χ4v) is 3.33. The molecule has 1 aromatic heterocycles. The highest BCUT2D eigenvalue weighted by Crippen LogP contribution is 2.07. The van der Waals surface area contributed by atoms with Crippen molar-refractivity contribution in [1.29, 1.82) is 0 Å². The van der Waals surface area contributed by atoms with Crippen LogP contribution in [0.5, 0.6) is 0 Å². The zero-order valence-corrected chi connectivity index (χ0v) is 19.9. The Hall–Kier alpha value is -3.42. The fraction of sp³-hybridized carbons (Fsp3) is 0.409. The average Bonchev–Trinajstić information content (AvgIpc) is 3.34. The lowest BCUT2D eigenvalue weighted by Gasteiger charge is -2.25. The number of amides is 3. The quantitative estimate of drug-likeness (QED) is 0.148. The molecule has 2 rings (SSSR count). The second-order valence-corrected chi connectivity index (χ2v) is 8.31. The monoisotopic (exact) mass is 506 g/mol. The number of hydrogen-bond donors (Lipinski definition) is 8. The van der Waals surface area contributed by atoms with E-state index in [-0.39, 0.29) is 18.6 Å². The minimum atomic E-state index is -1.59. The number of thiol groups is 1. The molecule has 0 aliphatic rings. The summed E-state index contributed by atoms with van der Waals surface area (Å²) in [6, 6.07) is 4.06. The van der Waals surface area contributed by atoms with E-state index >= 15 is 0 Å². The van der Waals surface area contributed by atoms with Crippen molar-refractivity contribution in [2.24, 2.45) is 5.73 Å². The summed E-state index contributed by atoms with van der Waals surface area (Å²) in [5.74, 6) is -3.48. The number of benzene rings is 1. The van der Waals surface area contributed by atoms with E-state index in [1.807, 2.05) is 0 Å². The highest BCUT2D eigenvalue weighted by Gasteiger charge is 2.32. The minimum Gasteiger partial charge on any atom is -0.480 e. The third kappa shape index (κ3) is 8.70. The first-order chi connectivity index (χ1) is 16.6. The Labute approximate surface area is 207 Å². The van der Waals surface area contributed by atoms with Crippen molar-refractivity contribution >= 4 is 36.3 Å². The number of nitrogens with two attached hydrogens (primary N) is 1. The molecule has 0 bridgehead atoms. The van der Waals surface area contributed by atoms with Crippen LogP contribution in [0.25, 0.3) is 0 Å². The molecule has 190 valence electrons. The summed E-state index contributed by atoms with van der Waals surface area (Å²) in [7, 11) is 0. The number of aliphatic carboxylic acids is 1. The Morgan fingerprint density at radius 3 is 2.17 bits per heavy atom. The zero-order valence-electron chi connectivity index (χ0n) is 19.0. The molecular weight excluding hydrogens is 476 g/mol. The van der Waals surface area contributed by atoms with Crippen LogP contribution in [-0.4, -0.2) is 79.9 Å². The summed E-state index contributed by atoms with van der Waals surface area (Å²) in [4.78, 5) is 56.7. The number of carboxylic acids is 1. The molecule has 0 fully saturated rings. The van der Waals surface area contributed by atoms with Crippen LogP contribution < -0.4 is 21.7 Å². The topological polar surface area (TPSA) is 200 Å². The SMILES string of the molecule is CC(O)C(NC(=O)C(Cc1cnc[nH]1)NC(=O)C(Cc1ccccc1)NC(=O)C(N)CS)C(=O)O. The first-order valence-electron chi connectivity index (χ1n) is 10.8. The number of rotatable bonds is 13. The van der Waals surface area contributed by atoms with E-state index in [1.165, 1.54) is 19.4 Å². The average molecular weight is 507 g/mol. The van der Waals surface area contributed by atoms with E-state index in [0.717, 1.165) is 5.56 Å². The number of carbonyl (C=O) groups excluding carboxylic acids is 3. The van der Waals surface area contributed by atoms with E-state index in [2.05, 4.69) is 38.5 Å². The molecule has 0 radical (unpaired) electrons. The predicted octanol–water partition coefficient (Wildman–Crippen LogP) is -1.63. The number of H-pyrrole nitrogens is 1. The summed E-state index contributed by atoms with van der Waals surface area (Å²) >= 11 is 4.01. The van der Waals surface area contributed by atoms with E-state index < -0.39 is 54.0 Å². The standard InChI is InChI=1S/C22H30N6O6S/c1-12(29)18(22(33)34)28-21(32)17(8-14-9-24-11-25-14)27-20(31)16(26-19(30)15(23)10-35)7-13-5-3-2-4-6-13/h2-6,9,11-12,15-18,29,35H,7-8,10,23H2,1H3,(H,24,25)(H,26,30)(H,27,31)(H,28,32)(H,33,34). The molecule has 3 amide bonds. The lowest BCUT2D eigenvalue weighted by atomic mass is 10.0. The van der Waals surface area contributed by atoms with Gasteiger partial charge in [-0.25, -0.2) is 9.78 Å². The lowest BCUT2D eigenvalue weighted by Crippen LogP contribution is -2.59. The van der Waals surface area contributed by atoms with Crippen molar-refractivity contribution < 1.29 is 29.4 Å². The molecule has 1 aromatic carbocycles. The molecule has 0 aliphatic carbocycles. The highest BCUT2D eigenvalue weighted by molar-refractivity contribution is 7.80. The van der Waals surface area contributed by atoms with Gasteiger partial charge < -0.3 is 36.9 Å². The van der Waals surface area contributed by atoms with E-state index in [0.29, 0.717) is 5.69 Å². The second-order valence-electron chi connectivity index (χ2n) is 7.95. The Morgan fingerprint density at radius 2 is 1.63 bits per heavy atom. The van der Waals surface area contributed by atoms with Gasteiger partial charge in [0.25, 0.3) is 0 Å². The maximum absolute atomic E-state index is 13.2. The van der Waals surface area contributed by atoms with Crippen LogP contribution in [0, 0.1) is 0 Å². The van der Waals surface area contributed by atoms with Crippen LogP contribution >= 0.6 is 12.6 Å².